The fraction of sp³-hybridized carbons (Fsp3) is 0.923. The van der Waals surface area contributed by atoms with E-state index in [1.807, 2.05) is 13.8 Å². The Hall–Kier alpha value is -0.810. The number of ether oxygens (including phenoxy) is 2. The van der Waals surface area contributed by atoms with Crippen molar-refractivity contribution in [1.29, 1.82) is 0 Å². The molecule has 1 fully saturated rings. The SMILES string of the molecule is CC(C)COC(=O)NCCCOC1CCNCC1. The van der Waals surface area contributed by atoms with Crippen molar-refractivity contribution in [2.45, 2.75) is 39.2 Å². The van der Waals surface area contributed by atoms with Crippen LogP contribution in [0.1, 0.15) is 33.1 Å². The van der Waals surface area contributed by atoms with Crippen molar-refractivity contribution in [1.82, 2.24) is 10.6 Å². The van der Waals surface area contributed by atoms with Crippen LogP contribution < -0.4 is 10.6 Å². The van der Waals surface area contributed by atoms with Gasteiger partial charge >= 0.3 is 6.09 Å². The van der Waals surface area contributed by atoms with Gasteiger partial charge in [-0.2, -0.15) is 0 Å². The summed E-state index contributed by atoms with van der Waals surface area (Å²) in [7, 11) is 0. The summed E-state index contributed by atoms with van der Waals surface area (Å²) in [5, 5.41) is 6.02. The molecule has 18 heavy (non-hydrogen) atoms. The van der Waals surface area contributed by atoms with Gasteiger partial charge in [0.2, 0.25) is 0 Å². The molecule has 0 spiro atoms. The maximum atomic E-state index is 11.2. The summed E-state index contributed by atoms with van der Waals surface area (Å²) >= 11 is 0. The van der Waals surface area contributed by atoms with Gasteiger partial charge in [-0.25, -0.2) is 4.79 Å². The number of rotatable bonds is 7. The smallest absolute Gasteiger partial charge is 0.407 e. The summed E-state index contributed by atoms with van der Waals surface area (Å²) in [6, 6.07) is 0. The first-order valence-corrected chi connectivity index (χ1v) is 6.91. The molecule has 1 heterocycles. The molecule has 0 radical (unpaired) electrons. The first kappa shape index (κ1) is 15.2. The van der Waals surface area contributed by atoms with Crippen molar-refractivity contribution < 1.29 is 14.3 Å². The lowest BCUT2D eigenvalue weighted by atomic mass is 10.1. The Morgan fingerprint density at radius 2 is 2.11 bits per heavy atom. The van der Waals surface area contributed by atoms with Crippen molar-refractivity contribution in [3.8, 4) is 0 Å². The lowest BCUT2D eigenvalue weighted by molar-refractivity contribution is 0.0316. The Bertz CT molecular complexity index is 228. The molecule has 0 atom stereocenters. The highest BCUT2D eigenvalue weighted by Crippen LogP contribution is 2.07. The zero-order valence-electron chi connectivity index (χ0n) is 11.5. The quantitative estimate of drug-likeness (QED) is 0.680. The van der Waals surface area contributed by atoms with Gasteiger partial charge in [-0.3, -0.25) is 0 Å². The number of alkyl carbamates (subject to hydrolysis) is 1. The van der Waals surface area contributed by atoms with Crippen LogP contribution in [0.5, 0.6) is 0 Å². The van der Waals surface area contributed by atoms with E-state index in [0.717, 1.165) is 32.4 Å². The molecule has 106 valence electrons. The van der Waals surface area contributed by atoms with Crippen molar-refractivity contribution in [3.63, 3.8) is 0 Å². The van der Waals surface area contributed by atoms with E-state index in [2.05, 4.69) is 10.6 Å². The summed E-state index contributed by atoms with van der Waals surface area (Å²) < 4.78 is 10.7. The molecule has 5 heteroatoms. The summed E-state index contributed by atoms with van der Waals surface area (Å²) in [4.78, 5) is 11.2. The number of carbonyl (C=O) groups is 1. The van der Waals surface area contributed by atoms with Crippen LogP contribution >= 0.6 is 0 Å². The summed E-state index contributed by atoms with van der Waals surface area (Å²) in [6.07, 6.45) is 3.07. The Morgan fingerprint density at radius 3 is 2.78 bits per heavy atom. The monoisotopic (exact) mass is 258 g/mol. The molecule has 0 aliphatic carbocycles. The summed E-state index contributed by atoms with van der Waals surface area (Å²) in [6.45, 7) is 7.91. The highest BCUT2D eigenvalue weighted by Gasteiger charge is 2.12. The largest absolute Gasteiger partial charge is 0.449 e. The average molecular weight is 258 g/mol. The fourth-order valence-corrected chi connectivity index (χ4v) is 1.77. The third-order valence-corrected chi connectivity index (χ3v) is 2.78. The number of hydrogen-bond donors (Lipinski definition) is 2. The Morgan fingerprint density at radius 1 is 1.39 bits per heavy atom. The van der Waals surface area contributed by atoms with E-state index < -0.39 is 0 Å². The van der Waals surface area contributed by atoms with Gasteiger partial charge < -0.3 is 20.1 Å². The van der Waals surface area contributed by atoms with Crippen LogP contribution in [0.3, 0.4) is 0 Å². The first-order chi connectivity index (χ1) is 8.68. The molecule has 0 saturated carbocycles. The zero-order chi connectivity index (χ0) is 13.2. The van der Waals surface area contributed by atoms with Gasteiger partial charge in [0.25, 0.3) is 0 Å². The van der Waals surface area contributed by atoms with Crippen LogP contribution in [-0.4, -0.2) is 45.0 Å². The maximum absolute atomic E-state index is 11.2. The number of nitrogens with one attached hydrogen (secondary N) is 2. The van der Waals surface area contributed by atoms with Crippen molar-refractivity contribution in [3.05, 3.63) is 0 Å². The molecule has 1 amide bonds. The molecule has 0 aromatic rings. The van der Waals surface area contributed by atoms with Gasteiger partial charge in [0, 0.05) is 13.2 Å². The first-order valence-electron chi connectivity index (χ1n) is 6.91. The van der Waals surface area contributed by atoms with E-state index in [9.17, 15) is 4.79 Å². The van der Waals surface area contributed by atoms with Crippen molar-refractivity contribution in [2.75, 3.05) is 32.8 Å². The molecule has 5 nitrogen and oxygen atoms in total. The van der Waals surface area contributed by atoms with E-state index in [1.165, 1.54) is 0 Å². The molecule has 1 rings (SSSR count). The Labute approximate surface area is 110 Å². The molecule has 0 bridgehead atoms. The zero-order valence-corrected chi connectivity index (χ0v) is 11.5. The molecule has 0 aromatic carbocycles. The van der Waals surface area contributed by atoms with Crippen molar-refractivity contribution >= 4 is 6.09 Å². The number of carbonyl (C=O) groups excluding carboxylic acids is 1. The van der Waals surface area contributed by atoms with Crippen LogP contribution in [0.4, 0.5) is 4.79 Å². The molecule has 1 saturated heterocycles. The fourth-order valence-electron chi connectivity index (χ4n) is 1.77. The average Bonchev–Trinajstić information content (AvgIpc) is 2.37. The third-order valence-electron chi connectivity index (χ3n) is 2.78. The molecular weight excluding hydrogens is 232 g/mol. The third kappa shape index (κ3) is 7.50. The lowest BCUT2D eigenvalue weighted by Crippen LogP contribution is -2.33. The van der Waals surface area contributed by atoms with Crippen LogP contribution in [0.25, 0.3) is 0 Å². The van der Waals surface area contributed by atoms with Crippen LogP contribution in [-0.2, 0) is 9.47 Å². The van der Waals surface area contributed by atoms with Crippen molar-refractivity contribution in [2.24, 2.45) is 5.92 Å². The molecule has 2 N–H and O–H groups in total. The minimum absolute atomic E-state index is 0.328. The number of piperidine rings is 1. The van der Waals surface area contributed by atoms with Crippen LogP contribution in [0, 0.1) is 5.92 Å². The summed E-state index contributed by atoms with van der Waals surface area (Å²) in [5.41, 5.74) is 0. The highest BCUT2D eigenvalue weighted by molar-refractivity contribution is 5.66. The standard InChI is InChI=1S/C13H26N2O3/c1-11(2)10-18-13(16)15-6-3-9-17-12-4-7-14-8-5-12/h11-12,14H,3-10H2,1-2H3,(H,15,16). The minimum Gasteiger partial charge on any atom is -0.449 e. The normalized spacial score (nSPS) is 16.8. The van der Waals surface area contributed by atoms with E-state index in [1.54, 1.807) is 0 Å². The number of amides is 1. The Balaban J connectivity index is 1.89. The highest BCUT2D eigenvalue weighted by atomic mass is 16.5. The van der Waals surface area contributed by atoms with Crippen LogP contribution in [0.2, 0.25) is 0 Å². The van der Waals surface area contributed by atoms with Gasteiger partial charge in [-0.15, -0.1) is 0 Å². The second-order valence-corrected chi connectivity index (χ2v) is 5.09. The Kier molecular flexibility index (Phi) is 7.76. The van der Waals surface area contributed by atoms with E-state index >= 15 is 0 Å². The predicted octanol–water partition coefficient (Wildman–Crippen LogP) is 1.53. The predicted molar refractivity (Wildman–Crippen MR) is 70.6 cm³/mol. The molecule has 1 aliphatic heterocycles. The van der Waals surface area contributed by atoms with E-state index in [4.69, 9.17) is 9.47 Å². The number of hydrogen-bond acceptors (Lipinski definition) is 4. The van der Waals surface area contributed by atoms with Gasteiger partial charge in [-0.1, -0.05) is 13.8 Å². The van der Waals surface area contributed by atoms with Crippen LogP contribution in [0.15, 0.2) is 0 Å². The molecule has 0 unspecified atom stereocenters. The second kappa shape index (κ2) is 9.16. The topological polar surface area (TPSA) is 59.6 Å². The maximum Gasteiger partial charge on any atom is 0.407 e. The molecule has 1 aliphatic rings. The van der Waals surface area contributed by atoms with E-state index in [-0.39, 0.29) is 6.09 Å². The second-order valence-electron chi connectivity index (χ2n) is 5.09. The van der Waals surface area contributed by atoms with Gasteiger partial charge in [0.1, 0.15) is 0 Å². The minimum atomic E-state index is -0.328. The molecule has 0 aromatic heterocycles. The van der Waals surface area contributed by atoms with Gasteiger partial charge in [-0.05, 0) is 38.3 Å². The van der Waals surface area contributed by atoms with E-state index in [0.29, 0.717) is 31.8 Å². The van der Waals surface area contributed by atoms with Gasteiger partial charge in [0.15, 0.2) is 0 Å². The van der Waals surface area contributed by atoms with Gasteiger partial charge in [0.05, 0.1) is 12.7 Å². The summed E-state index contributed by atoms with van der Waals surface area (Å²) in [5.74, 6) is 0.374. The lowest BCUT2D eigenvalue weighted by Gasteiger charge is -2.22. The molecular formula is C13H26N2O3.